The molecule has 1 aliphatic carbocycles. The normalized spacial score (nSPS) is 14.2. The van der Waals surface area contributed by atoms with Gasteiger partial charge in [0.1, 0.15) is 5.01 Å². The molecule has 0 radical (unpaired) electrons. The number of nitrogens with zero attached hydrogens (tertiary/aromatic N) is 3. The predicted molar refractivity (Wildman–Crippen MR) is 125 cm³/mol. The third kappa shape index (κ3) is 3.98. The molecule has 1 N–H and O–H groups in total. The molecule has 0 aliphatic heterocycles. The van der Waals surface area contributed by atoms with E-state index in [1.54, 1.807) is 11.3 Å². The lowest BCUT2D eigenvalue weighted by molar-refractivity contribution is 0.744. The van der Waals surface area contributed by atoms with Crippen molar-refractivity contribution < 1.29 is 0 Å². The summed E-state index contributed by atoms with van der Waals surface area (Å²) >= 11 is 1.69. The van der Waals surface area contributed by atoms with Gasteiger partial charge in [0.2, 0.25) is 5.95 Å². The molecule has 0 amide bonds. The lowest BCUT2D eigenvalue weighted by Gasteiger charge is -2.11. The number of rotatable bonds is 5. The second kappa shape index (κ2) is 8.36. The first-order valence-corrected chi connectivity index (χ1v) is 11.3. The Morgan fingerprint density at radius 3 is 2.30 bits per heavy atom. The van der Waals surface area contributed by atoms with Crippen LogP contribution in [0.4, 0.5) is 5.95 Å². The molecule has 2 aromatic heterocycles. The zero-order valence-electron chi connectivity index (χ0n) is 17.0. The zero-order chi connectivity index (χ0) is 20.3. The number of aryl methyl sites for hydroxylation is 1. The highest BCUT2D eigenvalue weighted by Gasteiger charge is 2.17. The van der Waals surface area contributed by atoms with E-state index in [1.165, 1.54) is 36.8 Å². The van der Waals surface area contributed by atoms with Crippen LogP contribution in [0, 0.1) is 6.92 Å². The van der Waals surface area contributed by atoms with E-state index in [4.69, 9.17) is 9.97 Å². The van der Waals surface area contributed by atoms with Crippen LogP contribution in [-0.2, 0) is 0 Å². The van der Waals surface area contributed by atoms with Crippen LogP contribution in [0.5, 0.6) is 0 Å². The standard InChI is InChI=1S/C25H24N4S/c1-17-23(22-15-16-26-25(29-22)28-21-9-5-6-10-21)30-24(27-17)20-13-11-19(12-14-20)18-7-3-2-4-8-18/h2-4,7-8,11-16,21H,5-6,9-10H2,1H3,(H,26,28,29). The van der Waals surface area contributed by atoms with Gasteiger partial charge in [-0.05, 0) is 37.0 Å². The largest absolute Gasteiger partial charge is 0.351 e. The van der Waals surface area contributed by atoms with Crippen LogP contribution in [0.1, 0.15) is 31.4 Å². The smallest absolute Gasteiger partial charge is 0.223 e. The zero-order valence-corrected chi connectivity index (χ0v) is 17.8. The number of anilines is 1. The summed E-state index contributed by atoms with van der Waals surface area (Å²) in [5, 5.41) is 4.51. The first kappa shape index (κ1) is 18.9. The number of hydrogen-bond acceptors (Lipinski definition) is 5. The Labute approximate surface area is 181 Å². The monoisotopic (exact) mass is 412 g/mol. The third-order valence-electron chi connectivity index (χ3n) is 5.61. The SMILES string of the molecule is Cc1nc(-c2ccc(-c3ccccc3)cc2)sc1-c1ccnc(NC2CCCC2)n1. The summed E-state index contributed by atoms with van der Waals surface area (Å²) in [6.07, 6.45) is 6.83. The molecule has 2 aromatic carbocycles. The fourth-order valence-electron chi connectivity index (χ4n) is 4.00. The van der Waals surface area contributed by atoms with Crippen LogP contribution >= 0.6 is 11.3 Å². The molecule has 5 rings (SSSR count). The van der Waals surface area contributed by atoms with Crippen molar-refractivity contribution in [1.82, 2.24) is 15.0 Å². The van der Waals surface area contributed by atoms with E-state index < -0.39 is 0 Å². The van der Waals surface area contributed by atoms with Gasteiger partial charge >= 0.3 is 0 Å². The highest BCUT2D eigenvalue weighted by atomic mass is 32.1. The summed E-state index contributed by atoms with van der Waals surface area (Å²) in [5.41, 5.74) is 5.52. The minimum atomic E-state index is 0.501. The first-order valence-electron chi connectivity index (χ1n) is 10.5. The number of nitrogens with one attached hydrogen (secondary N) is 1. The molecule has 1 saturated carbocycles. The van der Waals surface area contributed by atoms with E-state index in [0.717, 1.165) is 32.8 Å². The molecule has 0 saturated heterocycles. The summed E-state index contributed by atoms with van der Waals surface area (Å²) in [4.78, 5) is 15.1. The number of aromatic nitrogens is 3. The van der Waals surface area contributed by atoms with Crippen molar-refractivity contribution in [2.24, 2.45) is 0 Å². The van der Waals surface area contributed by atoms with Crippen LogP contribution in [0.25, 0.3) is 32.3 Å². The fourth-order valence-corrected chi connectivity index (χ4v) is 5.04. The highest BCUT2D eigenvalue weighted by Crippen LogP contribution is 2.35. The van der Waals surface area contributed by atoms with Gasteiger partial charge in [-0.1, -0.05) is 67.4 Å². The lowest BCUT2D eigenvalue weighted by atomic mass is 10.0. The van der Waals surface area contributed by atoms with E-state index in [1.807, 2.05) is 18.3 Å². The van der Waals surface area contributed by atoms with Gasteiger partial charge in [0.05, 0.1) is 16.3 Å². The van der Waals surface area contributed by atoms with E-state index >= 15 is 0 Å². The van der Waals surface area contributed by atoms with Crippen molar-refractivity contribution in [3.05, 3.63) is 72.6 Å². The van der Waals surface area contributed by atoms with Crippen LogP contribution in [0.2, 0.25) is 0 Å². The summed E-state index contributed by atoms with van der Waals surface area (Å²) in [6, 6.07) is 21.5. The Bertz CT molecular complexity index is 1130. The van der Waals surface area contributed by atoms with Gasteiger partial charge in [-0.25, -0.2) is 15.0 Å². The van der Waals surface area contributed by atoms with E-state index in [0.29, 0.717) is 6.04 Å². The lowest BCUT2D eigenvalue weighted by Crippen LogP contribution is -2.16. The van der Waals surface area contributed by atoms with E-state index in [-0.39, 0.29) is 0 Å². The minimum Gasteiger partial charge on any atom is -0.351 e. The number of thiazole rings is 1. The molecule has 4 nitrogen and oxygen atoms in total. The minimum absolute atomic E-state index is 0.501. The molecule has 0 atom stereocenters. The first-order chi connectivity index (χ1) is 14.8. The second-order valence-electron chi connectivity index (χ2n) is 7.77. The van der Waals surface area contributed by atoms with Crippen LogP contribution in [0.3, 0.4) is 0 Å². The molecular formula is C25H24N4S. The topological polar surface area (TPSA) is 50.7 Å². The molecule has 0 unspecified atom stereocenters. The van der Waals surface area contributed by atoms with Crippen molar-refractivity contribution in [3.8, 4) is 32.3 Å². The summed E-state index contributed by atoms with van der Waals surface area (Å²) in [6.45, 7) is 2.06. The van der Waals surface area contributed by atoms with Gasteiger partial charge in [-0.3, -0.25) is 0 Å². The molecule has 1 fully saturated rings. The fraction of sp³-hybridized carbons (Fsp3) is 0.240. The Balaban J connectivity index is 1.40. The molecule has 150 valence electrons. The summed E-state index contributed by atoms with van der Waals surface area (Å²) < 4.78 is 0. The van der Waals surface area contributed by atoms with Crippen LogP contribution in [0.15, 0.2) is 66.9 Å². The van der Waals surface area contributed by atoms with Crippen molar-refractivity contribution >= 4 is 17.3 Å². The van der Waals surface area contributed by atoms with Crippen molar-refractivity contribution in [3.63, 3.8) is 0 Å². The molecule has 4 aromatic rings. The van der Waals surface area contributed by atoms with Gasteiger partial charge < -0.3 is 5.32 Å². The third-order valence-corrected chi connectivity index (χ3v) is 6.84. The maximum Gasteiger partial charge on any atom is 0.223 e. The van der Waals surface area contributed by atoms with Crippen molar-refractivity contribution in [2.45, 2.75) is 38.6 Å². The number of benzene rings is 2. The molecule has 0 spiro atoms. The van der Waals surface area contributed by atoms with Crippen molar-refractivity contribution in [1.29, 1.82) is 0 Å². The Kier molecular flexibility index (Phi) is 5.28. The van der Waals surface area contributed by atoms with E-state index in [2.05, 4.69) is 65.8 Å². The van der Waals surface area contributed by atoms with E-state index in [9.17, 15) is 0 Å². The molecule has 1 aliphatic rings. The number of hydrogen-bond donors (Lipinski definition) is 1. The quantitative estimate of drug-likeness (QED) is 0.401. The Morgan fingerprint density at radius 2 is 1.53 bits per heavy atom. The Hall–Kier alpha value is -3.05. The average Bonchev–Trinajstić information content (AvgIpc) is 3.44. The molecule has 2 heterocycles. The summed E-state index contributed by atoms with van der Waals surface area (Å²) in [5.74, 6) is 0.723. The van der Waals surface area contributed by atoms with Crippen LogP contribution < -0.4 is 5.32 Å². The van der Waals surface area contributed by atoms with Crippen molar-refractivity contribution in [2.75, 3.05) is 5.32 Å². The molecule has 30 heavy (non-hydrogen) atoms. The average molecular weight is 413 g/mol. The van der Waals surface area contributed by atoms with Gasteiger partial charge in [0.15, 0.2) is 0 Å². The van der Waals surface area contributed by atoms with Gasteiger partial charge in [0.25, 0.3) is 0 Å². The maximum atomic E-state index is 4.83. The van der Waals surface area contributed by atoms with Gasteiger partial charge in [-0.2, -0.15) is 0 Å². The molecule has 5 heteroatoms. The maximum absolute atomic E-state index is 4.83. The predicted octanol–water partition coefficient (Wildman–Crippen LogP) is 6.60. The van der Waals surface area contributed by atoms with Gasteiger partial charge in [-0.15, -0.1) is 11.3 Å². The Morgan fingerprint density at radius 1 is 0.833 bits per heavy atom. The van der Waals surface area contributed by atoms with Crippen LogP contribution in [-0.4, -0.2) is 21.0 Å². The molecular weight excluding hydrogens is 388 g/mol. The molecule has 0 bridgehead atoms. The summed E-state index contributed by atoms with van der Waals surface area (Å²) in [7, 11) is 0. The highest BCUT2D eigenvalue weighted by molar-refractivity contribution is 7.18. The second-order valence-corrected chi connectivity index (χ2v) is 8.77. The van der Waals surface area contributed by atoms with Gasteiger partial charge in [0, 0.05) is 17.8 Å².